The number of hydrogen-bond donors (Lipinski definition) is 1. The van der Waals surface area contributed by atoms with Crippen molar-refractivity contribution in [3.8, 4) is 0 Å². The van der Waals surface area contributed by atoms with Gasteiger partial charge in [-0.3, -0.25) is 9.69 Å². The molecule has 2 heterocycles. The molecule has 0 bridgehead atoms. The van der Waals surface area contributed by atoms with E-state index in [1.165, 1.54) is 36.2 Å². The van der Waals surface area contributed by atoms with Crippen molar-refractivity contribution >= 4 is 11.6 Å². The van der Waals surface area contributed by atoms with E-state index in [2.05, 4.69) is 39.4 Å². The highest BCUT2D eigenvalue weighted by Crippen LogP contribution is 2.36. The minimum Gasteiger partial charge on any atom is -0.365 e. The average Bonchev–Trinajstić information content (AvgIpc) is 3.57. The van der Waals surface area contributed by atoms with Crippen LogP contribution in [-0.4, -0.2) is 43.0 Å². The monoisotopic (exact) mass is 393 g/mol. The fourth-order valence-corrected chi connectivity index (χ4v) is 4.81. The van der Waals surface area contributed by atoms with Crippen molar-refractivity contribution in [2.45, 2.75) is 31.8 Å². The quantitative estimate of drug-likeness (QED) is 0.847. The molecule has 1 N–H and O–H groups in total. The molecule has 1 aliphatic carbocycles. The second kappa shape index (κ2) is 7.79. The summed E-state index contributed by atoms with van der Waals surface area (Å²) in [4.78, 5) is 18.0. The summed E-state index contributed by atoms with van der Waals surface area (Å²) in [5.41, 5.74) is 3.68. The molecule has 1 amide bonds. The van der Waals surface area contributed by atoms with Crippen LogP contribution in [0.25, 0.3) is 0 Å². The van der Waals surface area contributed by atoms with Crippen LogP contribution in [0, 0.1) is 17.7 Å². The summed E-state index contributed by atoms with van der Waals surface area (Å²) >= 11 is 0. The van der Waals surface area contributed by atoms with Crippen LogP contribution in [-0.2, 0) is 17.8 Å². The van der Waals surface area contributed by atoms with Crippen LogP contribution in [0.2, 0.25) is 0 Å². The highest BCUT2D eigenvalue weighted by atomic mass is 19.1. The zero-order valence-electron chi connectivity index (χ0n) is 16.7. The Morgan fingerprint density at radius 1 is 1.07 bits per heavy atom. The highest BCUT2D eigenvalue weighted by molar-refractivity contribution is 5.82. The molecule has 1 saturated heterocycles. The number of piperazine rings is 1. The molecule has 29 heavy (non-hydrogen) atoms. The Balaban J connectivity index is 1.35. The van der Waals surface area contributed by atoms with Gasteiger partial charge in [0.2, 0.25) is 5.91 Å². The van der Waals surface area contributed by atoms with Crippen LogP contribution in [0.4, 0.5) is 10.1 Å². The van der Waals surface area contributed by atoms with E-state index in [1.54, 1.807) is 0 Å². The van der Waals surface area contributed by atoms with Crippen LogP contribution in [0.3, 0.4) is 0 Å². The number of halogens is 1. The molecule has 2 aliphatic heterocycles. The molecule has 2 fully saturated rings. The van der Waals surface area contributed by atoms with E-state index in [1.807, 2.05) is 12.1 Å². The number of benzene rings is 2. The number of anilines is 1. The number of para-hydroxylation sites is 1. The molecule has 5 heteroatoms. The lowest BCUT2D eigenvalue weighted by Gasteiger charge is -2.49. The minimum absolute atomic E-state index is 0.0281. The van der Waals surface area contributed by atoms with Crippen LogP contribution >= 0.6 is 0 Å². The summed E-state index contributed by atoms with van der Waals surface area (Å²) < 4.78 is 13.2. The maximum atomic E-state index is 13.2. The van der Waals surface area contributed by atoms with Gasteiger partial charge >= 0.3 is 0 Å². The summed E-state index contributed by atoms with van der Waals surface area (Å²) in [5, 5.41) is 3.22. The molecule has 2 atom stereocenters. The first-order chi connectivity index (χ1) is 14.2. The lowest BCUT2D eigenvalue weighted by Crippen LogP contribution is -2.61. The molecule has 3 aliphatic rings. The molecule has 2 aromatic carbocycles. The van der Waals surface area contributed by atoms with Gasteiger partial charge in [-0.1, -0.05) is 30.3 Å². The van der Waals surface area contributed by atoms with Gasteiger partial charge in [-0.05, 0) is 54.5 Å². The van der Waals surface area contributed by atoms with Crippen molar-refractivity contribution in [2.24, 2.45) is 11.8 Å². The van der Waals surface area contributed by atoms with Crippen molar-refractivity contribution < 1.29 is 9.18 Å². The van der Waals surface area contributed by atoms with E-state index in [4.69, 9.17) is 0 Å². The Hall–Kier alpha value is -2.40. The molecule has 4 nitrogen and oxygen atoms in total. The van der Waals surface area contributed by atoms with E-state index in [9.17, 15) is 9.18 Å². The second-order valence-electron chi connectivity index (χ2n) is 8.75. The fraction of sp³-hybridized carbons (Fsp3) is 0.458. The third-order valence-corrected chi connectivity index (χ3v) is 6.63. The van der Waals surface area contributed by atoms with Crippen LogP contribution in [0.1, 0.15) is 24.0 Å². The van der Waals surface area contributed by atoms with Crippen molar-refractivity contribution in [2.75, 3.05) is 31.1 Å². The van der Waals surface area contributed by atoms with Gasteiger partial charge in [0.25, 0.3) is 0 Å². The molecular weight excluding hydrogens is 365 g/mol. The minimum atomic E-state index is -0.199. The maximum absolute atomic E-state index is 13.2. The predicted octanol–water partition coefficient (Wildman–Crippen LogP) is 3.22. The van der Waals surface area contributed by atoms with Crippen molar-refractivity contribution in [1.29, 1.82) is 0 Å². The third-order valence-electron chi connectivity index (χ3n) is 6.63. The number of nitrogens with zero attached hydrogens (tertiary/aromatic N) is 2. The van der Waals surface area contributed by atoms with E-state index in [0.29, 0.717) is 5.92 Å². The maximum Gasteiger partial charge on any atom is 0.225 e. The first kappa shape index (κ1) is 18.6. The van der Waals surface area contributed by atoms with Gasteiger partial charge in [0.05, 0.1) is 12.0 Å². The molecular formula is C24H28FN3O. The van der Waals surface area contributed by atoms with Crippen molar-refractivity contribution in [3.05, 3.63) is 65.5 Å². The van der Waals surface area contributed by atoms with Gasteiger partial charge in [0.15, 0.2) is 0 Å². The van der Waals surface area contributed by atoms with Gasteiger partial charge in [-0.25, -0.2) is 4.39 Å². The Kier molecular flexibility index (Phi) is 5.00. The topological polar surface area (TPSA) is 35.6 Å². The Morgan fingerprint density at radius 3 is 2.66 bits per heavy atom. The fourth-order valence-electron chi connectivity index (χ4n) is 4.81. The number of amides is 1. The average molecular weight is 394 g/mol. The van der Waals surface area contributed by atoms with Gasteiger partial charge in [-0.2, -0.15) is 0 Å². The highest BCUT2D eigenvalue weighted by Gasteiger charge is 2.41. The van der Waals surface area contributed by atoms with Crippen molar-refractivity contribution in [1.82, 2.24) is 10.2 Å². The molecule has 0 unspecified atom stereocenters. The first-order valence-electron chi connectivity index (χ1n) is 10.8. The Labute approximate surface area is 171 Å². The lowest BCUT2D eigenvalue weighted by molar-refractivity contribution is -0.126. The Morgan fingerprint density at radius 2 is 1.86 bits per heavy atom. The zero-order chi connectivity index (χ0) is 19.8. The van der Waals surface area contributed by atoms with Gasteiger partial charge in [-0.15, -0.1) is 0 Å². The lowest BCUT2D eigenvalue weighted by atomic mass is 9.83. The molecule has 2 aromatic rings. The molecule has 1 saturated carbocycles. The zero-order valence-corrected chi connectivity index (χ0v) is 16.7. The molecule has 152 valence electrons. The third kappa shape index (κ3) is 4.01. The number of carbonyl (C=O) groups excluding carboxylic acids is 1. The summed E-state index contributed by atoms with van der Waals surface area (Å²) in [6.07, 6.45) is 3.29. The largest absolute Gasteiger partial charge is 0.365 e. The van der Waals surface area contributed by atoms with Crippen LogP contribution in [0.15, 0.2) is 48.5 Å². The number of nitrogens with one attached hydrogen (secondary N) is 1. The van der Waals surface area contributed by atoms with E-state index in [0.717, 1.165) is 44.7 Å². The smallest absolute Gasteiger partial charge is 0.225 e. The molecule has 0 spiro atoms. The van der Waals surface area contributed by atoms with Gasteiger partial charge in [0.1, 0.15) is 5.82 Å². The molecule has 5 rings (SSSR count). The van der Waals surface area contributed by atoms with Crippen LogP contribution in [0.5, 0.6) is 0 Å². The van der Waals surface area contributed by atoms with E-state index in [-0.39, 0.29) is 23.7 Å². The standard InChI is InChI=1S/C24H28FN3O/c25-20-9-7-18(8-10-20)15-27-11-12-28-22-4-2-1-3-19(22)13-21(23(28)16-27)24(29)26-14-17-5-6-17/h1-4,7-10,17,21,23H,5-6,11-16H2,(H,26,29)/t21-,23+/m1/s1. The number of fused-ring (bicyclic) bond motifs is 3. The summed E-state index contributed by atoms with van der Waals surface area (Å²) in [7, 11) is 0. The first-order valence-corrected chi connectivity index (χ1v) is 10.8. The SMILES string of the molecule is O=C(NCC1CC1)[C@@H]1Cc2ccccc2N2CCN(Cc3ccc(F)cc3)C[C@@H]12. The molecule has 0 radical (unpaired) electrons. The number of hydrogen-bond acceptors (Lipinski definition) is 3. The number of carbonyl (C=O) groups is 1. The van der Waals surface area contributed by atoms with E-state index < -0.39 is 0 Å². The normalized spacial score (nSPS) is 24.0. The summed E-state index contributed by atoms with van der Waals surface area (Å²) in [6, 6.07) is 15.5. The molecule has 0 aromatic heterocycles. The summed E-state index contributed by atoms with van der Waals surface area (Å²) in [6.45, 7) is 4.33. The van der Waals surface area contributed by atoms with Crippen LogP contribution < -0.4 is 10.2 Å². The Bertz CT molecular complexity index is 880. The summed E-state index contributed by atoms with van der Waals surface area (Å²) in [5.74, 6) is 0.659. The van der Waals surface area contributed by atoms with E-state index >= 15 is 0 Å². The van der Waals surface area contributed by atoms with Gasteiger partial charge < -0.3 is 10.2 Å². The van der Waals surface area contributed by atoms with Crippen molar-refractivity contribution in [3.63, 3.8) is 0 Å². The number of rotatable bonds is 5. The van der Waals surface area contributed by atoms with Gasteiger partial charge in [0, 0.05) is 38.4 Å². The second-order valence-corrected chi connectivity index (χ2v) is 8.75. The predicted molar refractivity (Wildman–Crippen MR) is 112 cm³/mol.